The normalized spacial score (nSPS) is 40.0. The van der Waals surface area contributed by atoms with Crippen molar-refractivity contribution >= 4 is 12.1 Å². The molecule has 0 aromatic heterocycles. The second kappa shape index (κ2) is 10.8. The number of esters is 1. The van der Waals surface area contributed by atoms with Gasteiger partial charge in [0.2, 0.25) is 0 Å². The molecule has 1 spiro atoms. The van der Waals surface area contributed by atoms with Crippen LogP contribution in [0.3, 0.4) is 0 Å². The highest BCUT2D eigenvalue weighted by Gasteiger charge is 2.72. The molecule has 2 aliphatic carbocycles. The van der Waals surface area contributed by atoms with Crippen LogP contribution in [0.4, 0.5) is 4.79 Å². The number of carbonyl (C=O) groups excluding carboxylic acids is 2. The summed E-state index contributed by atoms with van der Waals surface area (Å²) in [5.41, 5.74) is 0.696. The number of methoxy groups -OCH3 is 1. The zero-order chi connectivity index (χ0) is 25.2. The van der Waals surface area contributed by atoms with E-state index in [0.29, 0.717) is 32.1 Å². The molecule has 35 heavy (non-hydrogen) atoms. The van der Waals surface area contributed by atoms with Crippen molar-refractivity contribution in [2.75, 3.05) is 26.9 Å². The van der Waals surface area contributed by atoms with Gasteiger partial charge in [-0.25, -0.2) is 4.79 Å². The summed E-state index contributed by atoms with van der Waals surface area (Å²) in [7, 11) is 1.69. The largest absolute Gasteiger partial charge is 0.466 e. The molecule has 8 nitrogen and oxygen atoms in total. The zero-order valence-electron chi connectivity index (χ0n) is 22.0. The minimum absolute atomic E-state index is 0.0108. The van der Waals surface area contributed by atoms with Gasteiger partial charge in [0.1, 0.15) is 23.4 Å². The summed E-state index contributed by atoms with van der Waals surface area (Å²) in [6.07, 6.45) is 7.14. The molecule has 198 valence electrons. The van der Waals surface area contributed by atoms with Gasteiger partial charge in [-0.2, -0.15) is 0 Å². The van der Waals surface area contributed by atoms with E-state index in [1.807, 2.05) is 6.92 Å². The van der Waals surface area contributed by atoms with Gasteiger partial charge in [0.05, 0.1) is 31.2 Å². The molecule has 6 atom stereocenters. The first-order valence-corrected chi connectivity index (χ1v) is 13.3. The molecule has 1 N–H and O–H groups in total. The van der Waals surface area contributed by atoms with Crippen LogP contribution in [0.5, 0.6) is 0 Å². The highest BCUT2D eigenvalue weighted by molar-refractivity contribution is 5.72. The van der Waals surface area contributed by atoms with Crippen LogP contribution in [0.1, 0.15) is 72.6 Å². The van der Waals surface area contributed by atoms with Crippen molar-refractivity contribution in [3.8, 4) is 0 Å². The van der Waals surface area contributed by atoms with E-state index < -0.39 is 6.09 Å². The minimum atomic E-state index is -0.404. The third kappa shape index (κ3) is 5.86. The Morgan fingerprint density at radius 1 is 1.14 bits per heavy atom. The Kier molecular flexibility index (Phi) is 8.13. The number of nitrogens with one attached hydrogen (secondary N) is 1. The third-order valence-corrected chi connectivity index (χ3v) is 8.50. The Labute approximate surface area is 209 Å². The summed E-state index contributed by atoms with van der Waals surface area (Å²) in [5, 5.41) is 2.96. The predicted molar refractivity (Wildman–Crippen MR) is 130 cm³/mol. The van der Waals surface area contributed by atoms with E-state index in [-0.39, 0.29) is 47.3 Å². The highest BCUT2D eigenvalue weighted by Crippen LogP contribution is 2.59. The molecule has 0 unspecified atom stereocenters. The second-order valence-corrected chi connectivity index (χ2v) is 11.2. The lowest BCUT2D eigenvalue weighted by Gasteiger charge is -2.42. The first kappa shape index (κ1) is 26.4. The molecule has 0 aromatic rings. The minimum Gasteiger partial charge on any atom is -0.466 e. The first-order chi connectivity index (χ1) is 16.7. The molecule has 4 aliphatic rings. The van der Waals surface area contributed by atoms with Crippen LogP contribution in [-0.4, -0.2) is 68.4 Å². The molecule has 1 amide bonds. The van der Waals surface area contributed by atoms with Crippen molar-refractivity contribution in [3.63, 3.8) is 0 Å². The van der Waals surface area contributed by atoms with Crippen LogP contribution < -0.4 is 5.32 Å². The molecule has 8 heteroatoms. The van der Waals surface area contributed by atoms with E-state index in [1.54, 1.807) is 7.11 Å². The number of hydrogen-bond donors (Lipinski definition) is 1. The molecule has 4 rings (SSSR count). The fraction of sp³-hybridized carbons (Fsp3) is 0.852. The van der Waals surface area contributed by atoms with Crippen LogP contribution in [-0.2, 0) is 28.5 Å². The Morgan fingerprint density at radius 2 is 1.86 bits per heavy atom. The molecule has 0 aromatic carbocycles. The smallest absolute Gasteiger partial charge is 0.407 e. The summed E-state index contributed by atoms with van der Waals surface area (Å²) in [5.74, 6) is 0.261. The van der Waals surface area contributed by atoms with Crippen molar-refractivity contribution in [3.05, 3.63) is 11.6 Å². The number of rotatable bonds is 9. The maximum atomic E-state index is 12.7. The maximum absolute atomic E-state index is 12.7. The standard InChI is InChI=1S/C27H43NO7/c1-6-32-24(29)19-10-8-18(9-11-19)15-28-25(30)34-20-13-14-27(16-33-27)23(22(20)31-5)26(4)21(35-26)12-7-17(2)3/h7,18-23H,6,8-16H2,1-5H3,(H,28,30)/t18?,19?,20-,21-,22-,23-,26-,27+/m1/s1. The van der Waals surface area contributed by atoms with Crippen LogP contribution in [0.25, 0.3) is 0 Å². The van der Waals surface area contributed by atoms with Gasteiger partial charge < -0.3 is 29.0 Å². The fourth-order valence-electron chi connectivity index (χ4n) is 6.34. The molecule has 0 bridgehead atoms. The Bertz CT molecular complexity index is 797. The van der Waals surface area contributed by atoms with Crippen LogP contribution in [0.15, 0.2) is 11.6 Å². The van der Waals surface area contributed by atoms with Gasteiger partial charge in [-0.3, -0.25) is 4.79 Å². The van der Waals surface area contributed by atoms with Crippen molar-refractivity contribution in [2.24, 2.45) is 17.8 Å². The van der Waals surface area contributed by atoms with E-state index in [2.05, 4.69) is 32.2 Å². The number of amides is 1. The summed E-state index contributed by atoms with van der Waals surface area (Å²) < 4.78 is 29.2. The van der Waals surface area contributed by atoms with Gasteiger partial charge in [0.25, 0.3) is 0 Å². The molecular formula is C27H43NO7. The number of hydrogen-bond acceptors (Lipinski definition) is 7. The lowest BCUT2D eigenvalue weighted by atomic mass is 9.68. The van der Waals surface area contributed by atoms with Crippen LogP contribution in [0.2, 0.25) is 0 Å². The van der Waals surface area contributed by atoms with Gasteiger partial charge in [-0.15, -0.1) is 0 Å². The predicted octanol–water partition coefficient (Wildman–Crippen LogP) is 4.16. The fourth-order valence-corrected chi connectivity index (χ4v) is 6.34. The quantitative estimate of drug-likeness (QED) is 0.292. The second-order valence-electron chi connectivity index (χ2n) is 11.2. The van der Waals surface area contributed by atoms with E-state index in [9.17, 15) is 9.59 Å². The molecule has 2 aliphatic heterocycles. The zero-order valence-corrected chi connectivity index (χ0v) is 22.0. The van der Waals surface area contributed by atoms with E-state index in [0.717, 1.165) is 38.5 Å². The number of ether oxygens (including phenoxy) is 5. The lowest BCUT2D eigenvalue weighted by molar-refractivity contribution is -0.149. The lowest BCUT2D eigenvalue weighted by Crippen LogP contribution is -2.56. The number of alkyl carbamates (subject to hydrolysis) is 1. The average molecular weight is 494 g/mol. The summed E-state index contributed by atoms with van der Waals surface area (Å²) in [4.78, 5) is 24.7. The Hall–Kier alpha value is -1.64. The summed E-state index contributed by atoms with van der Waals surface area (Å²) >= 11 is 0. The SMILES string of the molecule is CCOC(=O)C1CCC(CNC(=O)O[C@@H]2CC[C@]3(CO3)[C@@H]([C@]3(C)O[C@@H]3CC=C(C)C)[C@@H]2OC)CC1. The monoisotopic (exact) mass is 493 g/mol. The highest BCUT2D eigenvalue weighted by atomic mass is 16.6. The molecule has 2 saturated carbocycles. The Balaban J connectivity index is 1.29. The average Bonchev–Trinajstić information content (AvgIpc) is 3.75. The topological polar surface area (TPSA) is 98.9 Å². The van der Waals surface area contributed by atoms with Gasteiger partial charge >= 0.3 is 12.1 Å². The van der Waals surface area contributed by atoms with Crippen LogP contribution in [0, 0.1) is 17.8 Å². The van der Waals surface area contributed by atoms with Crippen molar-refractivity contribution < 1.29 is 33.3 Å². The molecule has 2 saturated heterocycles. The molecule has 4 fully saturated rings. The molecule has 2 heterocycles. The van der Waals surface area contributed by atoms with Gasteiger partial charge in [-0.1, -0.05) is 11.6 Å². The van der Waals surface area contributed by atoms with Crippen molar-refractivity contribution in [2.45, 2.75) is 102 Å². The molecule has 0 radical (unpaired) electrons. The van der Waals surface area contributed by atoms with E-state index in [1.165, 1.54) is 5.57 Å². The van der Waals surface area contributed by atoms with E-state index >= 15 is 0 Å². The number of allylic oxidation sites excluding steroid dienone is 1. The first-order valence-electron chi connectivity index (χ1n) is 13.3. The van der Waals surface area contributed by atoms with Gasteiger partial charge in [0, 0.05) is 13.7 Å². The van der Waals surface area contributed by atoms with Crippen LogP contribution >= 0.6 is 0 Å². The van der Waals surface area contributed by atoms with Crippen molar-refractivity contribution in [1.82, 2.24) is 5.32 Å². The Morgan fingerprint density at radius 3 is 2.46 bits per heavy atom. The maximum Gasteiger partial charge on any atom is 0.407 e. The van der Waals surface area contributed by atoms with Crippen molar-refractivity contribution in [1.29, 1.82) is 0 Å². The molecular weight excluding hydrogens is 450 g/mol. The number of carbonyl (C=O) groups is 2. The van der Waals surface area contributed by atoms with E-state index in [4.69, 9.17) is 23.7 Å². The third-order valence-electron chi connectivity index (χ3n) is 8.50. The summed E-state index contributed by atoms with van der Waals surface area (Å²) in [6, 6.07) is 0. The number of epoxide rings is 2. The van der Waals surface area contributed by atoms with Gasteiger partial charge in [0.15, 0.2) is 0 Å². The van der Waals surface area contributed by atoms with Gasteiger partial charge in [-0.05, 0) is 78.6 Å². The summed E-state index contributed by atoms with van der Waals surface area (Å²) in [6.45, 7) is 9.86.